The summed E-state index contributed by atoms with van der Waals surface area (Å²) in [5, 5.41) is 0. The molecule has 94 valence electrons. The summed E-state index contributed by atoms with van der Waals surface area (Å²) in [5.41, 5.74) is 0. The van der Waals surface area contributed by atoms with Crippen LogP contribution in [-0.4, -0.2) is 36.0 Å². The number of nitrogens with zero attached hydrogens (tertiary/aromatic N) is 3. The number of hydrogen-bond acceptors (Lipinski definition) is 4. The first-order chi connectivity index (χ1) is 8.24. The van der Waals surface area contributed by atoms with Gasteiger partial charge in [-0.25, -0.2) is 4.98 Å². The fourth-order valence-electron chi connectivity index (χ4n) is 1.93. The maximum absolute atomic E-state index is 5.87. The van der Waals surface area contributed by atoms with Gasteiger partial charge in [-0.1, -0.05) is 0 Å². The number of anilines is 1. The molecule has 2 rings (SSSR count). The Labute approximate surface area is 114 Å². The van der Waals surface area contributed by atoms with Gasteiger partial charge < -0.3 is 9.64 Å². The molecular weight excluding hydrogens is 305 g/mol. The third-order valence-electron chi connectivity index (χ3n) is 3.01. The van der Waals surface area contributed by atoms with E-state index in [1.54, 1.807) is 13.3 Å². The van der Waals surface area contributed by atoms with Gasteiger partial charge in [-0.3, -0.25) is 0 Å². The van der Waals surface area contributed by atoms with Crippen LogP contribution < -0.4 is 9.64 Å². The van der Waals surface area contributed by atoms with E-state index < -0.39 is 0 Å². The highest BCUT2D eigenvalue weighted by Gasteiger charge is 2.21. The normalized spacial score (nSPS) is 17.2. The Morgan fingerprint density at radius 2 is 2.24 bits per heavy atom. The number of hydrogen-bond donors (Lipinski definition) is 0. The molecule has 2 heterocycles. The standard InChI is InChI=1S/C11H15BrClN3O/c1-17-10-9(12)7-14-11(15-10)16-4-2-8(6-13)3-5-16/h7-8H,2-6H2,1H3. The molecule has 0 saturated carbocycles. The first-order valence-corrected chi connectivity index (χ1v) is 6.94. The van der Waals surface area contributed by atoms with Gasteiger partial charge in [-0.15, -0.1) is 11.6 Å². The van der Waals surface area contributed by atoms with Crippen molar-refractivity contribution in [2.45, 2.75) is 12.8 Å². The zero-order valence-corrected chi connectivity index (χ0v) is 12.0. The number of piperidine rings is 1. The summed E-state index contributed by atoms with van der Waals surface area (Å²) in [5.74, 6) is 2.69. The van der Waals surface area contributed by atoms with Crippen molar-refractivity contribution < 1.29 is 4.74 Å². The monoisotopic (exact) mass is 319 g/mol. The number of rotatable bonds is 3. The number of aromatic nitrogens is 2. The lowest BCUT2D eigenvalue weighted by Crippen LogP contribution is -2.35. The highest BCUT2D eigenvalue weighted by Crippen LogP contribution is 2.26. The lowest BCUT2D eigenvalue weighted by molar-refractivity contribution is 0.391. The van der Waals surface area contributed by atoms with Crippen LogP contribution in [0.5, 0.6) is 5.88 Å². The summed E-state index contributed by atoms with van der Waals surface area (Å²) in [7, 11) is 1.61. The first kappa shape index (κ1) is 12.9. The van der Waals surface area contributed by atoms with E-state index in [9.17, 15) is 0 Å². The lowest BCUT2D eigenvalue weighted by Gasteiger charge is -2.31. The van der Waals surface area contributed by atoms with Gasteiger partial charge >= 0.3 is 0 Å². The molecule has 0 aliphatic carbocycles. The number of ether oxygens (including phenoxy) is 1. The van der Waals surface area contributed by atoms with Crippen LogP contribution in [0.25, 0.3) is 0 Å². The van der Waals surface area contributed by atoms with Crippen LogP contribution in [0.15, 0.2) is 10.7 Å². The van der Waals surface area contributed by atoms with Crippen molar-refractivity contribution in [3.05, 3.63) is 10.7 Å². The van der Waals surface area contributed by atoms with Crippen molar-refractivity contribution >= 4 is 33.5 Å². The van der Waals surface area contributed by atoms with Gasteiger partial charge in [0.15, 0.2) is 0 Å². The smallest absolute Gasteiger partial charge is 0.232 e. The van der Waals surface area contributed by atoms with Crippen molar-refractivity contribution in [2.75, 3.05) is 31.0 Å². The van der Waals surface area contributed by atoms with Crippen molar-refractivity contribution in [2.24, 2.45) is 5.92 Å². The lowest BCUT2D eigenvalue weighted by atomic mass is 9.99. The summed E-state index contributed by atoms with van der Waals surface area (Å²) < 4.78 is 5.95. The molecule has 0 amide bonds. The Morgan fingerprint density at radius 1 is 1.53 bits per heavy atom. The van der Waals surface area contributed by atoms with Crippen LogP contribution in [0.4, 0.5) is 5.95 Å². The number of methoxy groups -OCH3 is 1. The van der Waals surface area contributed by atoms with Crippen molar-refractivity contribution in [3.8, 4) is 5.88 Å². The van der Waals surface area contributed by atoms with E-state index in [-0.39, 0.29) is 0 Å². The molecule has 0 aromatic carbocycles. The van der Waals surface area contributed by atoms with E-state index in [4.69, 9.17) is 16.3 Å². The van der Waals surface area contributed by atoms with Crippen LogP contribution in [0.3, 0.4) is 0 Å². The van der Waals surface area contributed by atoms with Gasteiger partial charge in [0.2, 0.25) is 11.8 Å². The average molecular weight is 321 g/mol. The SMILES string of the molecule is COc1nc(N2CCC(CCl)CC2)ncc1Br. The minimum atomic E-state index is 0.578. The minimum absolute atomic E-state index is 0.578. The van der Waals surface area contributed by atoms with E-state index in [0.29, 0.717) is 11.8 Å². The van der Waals surface area contributed by atoms with E-state index in [1.807, 2.05) is 0 Å². The maximum atomic E-state index is 5.87. The molecule has 0 atom stereocenters. The molecule has 0 N–H and O–H groups in total. The second-order valence-electron chi connectivity index (χ2n) is 4.11. The summed E-state index contributed by atoms with van der Waals surface area (Å²) in [6.07, 6.45) is 3.94. The van der Waals surface area contributed by atoms with Gasteiger partial charge in [-0.2, -0.15) is 4.98 Å². The third kappa shape index (κ3) is 3.01. The fourth-order valence-corrected chi connectivity index (χ4v) is 2.59. The molecule has 4 nitrogen and oxygen atoms in total. The van der Waals surface area contributed by atoms with Gasteiger partial charge in [0.1, 0.15) is 0 Å². The predicted octanol–water partition coefficient (Wildman–Crippen LogP) is 2.70. The summed E-state index contributed by atoms with van der Waals surface area (Å²) in [4.78, 5) is 10.9. The van der Waals surface area contributed by atoms with Crippen LogP contribution >= 0.6 is 27.5 Å². The largest absolute Gasteiger partial charge is 0.480 e. The molecule has 0 unspecified atom stereocenters. The Morgan fingerprint density at radius 3 is 2.82 bits per heavy atom. The fraction of sp³-hybridized carbons (Fsp3) is 0.636. The molecular formula is C11H15BrClN3O. The molecule has 1 saturated heterocycles. The zero-order valence-electron chi connectivity index (χ0n) is 9.70. The molecule has 1 aromatic heterocycles. The molecule has 1 aromatic rings. The molecule has 0 bridgehead atoms. The second-order valence-corrected chi connectivity index (χ2v) is 5.27. The van der Waals surface area contributed by atoms with Gasteiger partial charge in [-0.05, 0) is 34.7 Å². The molecule has 0 radical (unpaired) electrons. The Bertz CT molecular complexity index is 383. The second kappa shape index (κ2) is 5.87. The summed E-state index contributed by atoms with van der Waals surface area (Å²) >= 11 is 9.22. The highest BCUT2D eigenvalue weighted by molar-refractivity contribution is 9.10. The van der Waals surface area contributed by atoms with Gasteiger partial charge in [0, 0.05) is 19.0 Å². The Balaban J connectivity index is 2.08. The van der Waals surface area contributed by atoms with Crippen molar-refractivity contribution in [1.82, 2.24) is 9.97 Å². The quantitative estimate of drug-likeness (QED) is 0.803. The van der Waals surface area contributed by atoms with Crippen LogP contribution in [0.2, 0.25) is 0 Å². The first-order valence-electron chi connectivity index (χ1n) is 5.62. The minimum Gasteiger partial charge on any atom is -0.480 e. The third-order valence-corrected chi connectivity index (χ3v) is 3.99. The van der Waals surface area contributed by atoms with E-state index >= 15 is 0 Å². The van der Waals surface area contributed by atoms with Crippen LogP contribution in [-0.2, 0) is 0 Å². The zero-order chi connectivity index (χ0) is 12.3. The Hall–Kier alpha value is -0.550. The van der Waals surface area contributed by atoms with Crippen molar-refractivity contribution in [1.29, 1.82) is 0 Å². The maximum Gasteiger partial charge on any atom is 0.232 e. The molecule has 0 spiro atoms. The molecule has 1 aliphatic rings. The highest BCUT2D eigenvalue weighted by atomic mass is 79.9. The summed E-state index contributed by atoms with van der Waals surface area (Å²) in [6, 6.07) is 0. The molecule has 6 heteroatoms. The summed E-state index contributed by atoms with van der Waals surface area (Å²) in [6.45, 7) is 1.92. The number of halogens is 2. The molecule has 1 fully saturated rings. The van der Waals surface area contributed by atoms with Gasteiger partial charge in [0.25, 0.3) is 0 Å². The predicted molar refractivity (Wildman–Crippen MR) is 71.9 cm³/mol. The molecule has 1 aliphatic heterocycles. The number of alkyl halides is 1. The van der Waals surface area contributed by atoms with Gasteiger partial charge in [0.05, 0.1) is 17.8 Å². The topological polar surface area (TPSA) is 38.2 Å². The molecule has 17 heavy (non-hydrogen) atoms. The van der Waals surface area contributed by atoms with Crippen LogP contribution in [0, 0.1) is 5.92 Å². The van der Waals surface area contributed by atoms with E-state index in [0.717, 1.165) is 42.2 Å². The van der Waals surface area contributed by atoms with E-state index in [2.05, 4.69) is 30.8 Å². The van der Waals surface area contributed by atoms with Crippen molar-refractivity contribution in [3.63, 3.8) is 0 Å². The Kier molecular flexibility index (Phi) is 4.45. The average Bonchev–Trinajstić information content (AvgIpc) is 2.39. The van der Waals surface area contributed by atoms with Crippen LogP contribution in [0.1, 0.15) is 12.8 Å². The van der Waals surface area contributed by atoms with E-state index in [1.165, 1.54) is 0 Å².